The first-order valence-corrected chi connectivity index (χ1v) is 8.89. The molecule has 2 aromatic heterocycles. The van der Waals surface area contributed by atoms with E-state index in [0.29, 0.717) is 22.8 Å². The lowest BCUT2D eigenvalue weighted by Gasteiger charge is -2.14. The number of rotatable bonds is 6. The molecule has 0 aliphatic rings. The summed E-state index contributed by atoms with van der Waals surface area (Å²) < 4.78 is 11.3. The third-order valence-electron chi connectivity index (χ3n) is 3.64. The molecule has 3 aromatic rings. The van der Waals surface area contributed by atoms with E-state index in [1.807, 2.05) is 30.5 Å². The monoisotopic (exact) mass is 367 g/mol. The van der Waals surface area contributed by atoms with Crippen molar-refractivity contribution in [3.63, 3.8) is 0 Å². The molecule has 0 saturated heterocycles. The number of furan rings is 1. The lowest BCUT2D eigenvalue weighted by molar-refractivity contribution is -0.127. The van der Waals surface area contributed by atoms with Crippen molar-refractivity contribution in [3.8, 4) is 23.3 Å². The first-order valence-electron chi connectivity index (χ1n) is 8.01. The van der Waals surface area contributed by atoms with Crippen LogP contribution in [0.15, 0.2) is 46.2 Å². The van der Waals surface area contributed by atoms with Gasteiger partial charge in [0.25, 0.3) is 5.91 Å². The first kappa shape index (κ1) is 17.7. The zero-order valence-electron chi connectivity index (χ0n) is 14.4. The fourth-order valence-electron chi connectivity index (χ4n) is 2.27. The molecule has 0 bridgehead atoms. The van der Waals surface area contributed by atoms with Crippen LogP contribution in [0.25, 0.3) is 11.5 Å². The number of thiazole rings is 1. The van der Waals surface area contributed by atoms with Gasteiger partial charge < -0.3 is 14.5 Å². The fraction of sp³-hybridized carbons (Fsp3) is 0.211. The van der Waals surface area contributed by atoms with Crippen LogP contribution in [0.5, 0.6) is 5.75 Å². The van der Waals surface area contributed by atoms with Crippen LogP contribution in [0.1, 0.15) is 23.3 Å². The van der Waals surface area contributed by atoms with E-state index in [1.54, 1.807) is 42.5 Å². The molecule has 132 valence electrons. The molecule has 1 N–H and O–H groups in total. The number of carbonyl (C=O) groups excluding carboxylic acids is 1. The quantitative estimate of drug-likeness (QED) is 0.718. The molecule has 0 unspecified atom stereocenters. The maximum atomic E-state index is 12.2. The molecular formula is C19H17N3O3S. The number of benzene rings is 1. The second kappa shape index (κ2) is 7.85. The average molecular weight is 367 g/mol. The van der Waals surface area contributed by atoms with Crippen molar-refractivity contribution in [2.75, 3.05) is 0 Å². The predicted octanol–water partition coefficient (Wildman–Crippen LogP) is 3.67. The third-order valence-corrected chi connectivity index (χ3v) is 4.41. The molecular weight excluding hydrogens is 350 g/mol. The Hall–Kier alpha value is -3.11. The summed E-state index contributed by atoms with van der Waals surface area (Å²) in [7, 11) is 0. The van der Waals surface area contributed by atoms with Gasteiger partial charge in [0.15, 0.2) is 11.9 Å². The van der Waals surface area contributed by atoms with E-state index in [-0.39, 0.29) is 12.5 Å². The second-order valence-electron chi connectivity index (χ2n) is 5.63. The molecule has 26 heavy (non-hydrogen) atoms. The summed E-state index contributed by atoms with van der Waals surface area (Å²) in [6.45, 7) is 3.87. The van der Waals surface area contributed by atoms with E-state index in [1.165, 1.54) is 0 Å². The maximum absolute atomic E-state index is 12.2. The van der Waals surface area contributed by atoms with Gasteiger partial charge >= 0.3 is 0 Å². The number of nitriles is 1. The molecule has 1 atom stereocenters. The number of aromatic nitrogens is 1. The molecule has 3 rings (SSSR count). The van der Waals surface area contributed by atoms with Crippen molar-refractivity contribution < 1.29 is 13.9 Å². The number of hydrogen-bond donors (Lipinski definition) is 1. The molecule has 2 heterocycles. The number of amides is 1. The van der Waals surface area contributed by atoms with E-state index in [9.17, 15) is 4.79 Å². The fourth-order valence-corrected chi connectivity index (χ4v) is 2.87. The molecule has 0 spiro atoms. The van der Waals surface area contributed by atoms with Crippen LogP contribution in [0.3, 0.4) is 0 Å². The largest absolute Gasteiger partial charge is 0.481 e. The van der Waals surface area contributed by atoms with Crippen molar-refractivity contribution in [1.29, 1.82) is 5.26 Å². The predicted molar refractivity (Wildman–Crippen MR) is 97.6 cm³/mol. The van der Waals surface area contributed by atoms with Gasteiger partial charge in [0.2, 0.25) is 0 Å². The average Bonchev–Trinajstić information content (AvgIpc) is 3.29. The highest BCUT2D eigenvalue weighted by molar-refractivity contribution is 7.09. The normalized spacial score (nSPS) is 11.6. The summed E-state index contributed by atoms with van der Waals surface area (Å²) >= 11 is 1.56. The topological polar surface area (TPSA) is 88.1 Å². The van der Waals surface area contributed by atoms with Gasteiger partial charge in [-0.05, 0) is 50.2 Å². The number of nitrogens with zero attached hydrogens (tertiary/aromatic N) is 2. The Morgan fingerprint density at radius 1 is 1.35 bits per heavy atom. The van der Waals surface area contributed by atoms with Crippen molar-refractivity contribution >= 4 is 17.2 Å². The minimum atomic E-state index is -0.668. The molecule has 0 saturated carbocycles. The van der Waals surface area contributed by atoms with E-state index in [0.717, 1.165) is 10.7 Å². The van der Waals surface area contributed by atoms with Crippen LogP contribution in [0, 0.1) is 18.3 Å². The number of ether oxygens (including phenoxy) is 1. The number of carbonyl (C=O) groups is 1. The van der Waals surface area contributed by atoms with Gasteiger partial charge in [-0.3, -0.25) is 4.79 Å². The minimum Gasteiger partial charge on any atom is -0.481 e. The Bertz CT molecular complexity index is 938. The van der Waals surface area contributed by atoms with E-state index in [4.69, 9.17) is 14.4 Å². The highest BCUT2D eigenvalue weighted by Gasteiger charge is 2.15. The van der Waals surface area contributed by atoms with Crippen LogP contribution in [-0.2, 0) is 11.3 Å². The summed E-state index contributed by atoms with van der Waals surface area (Å²) in [5.41, 5.74) is 1.33. The Kier molecular flexibility index (Phi) is 5.34. The molecule has 0 radical (unpaired) electrons. The van der Waals surface area contributed by atoms with Gasteiger partial charge in [0.1, 0.15) is 17.2 Å². The summed E-state index contributed by atoms with van der Waals surface area (Å²) in [6.07, 6.45) is -0.668. The van der Waals surface area contributed by atoms with Crippen LogP contribution >= 0.6 is 11.3 Å². The maximum Gasteiger partial charge on any atom is 0.261 e. The number of hydrogen-bond acceptors (Lipinski definition) is 6. The minimum absolute atomic E-state index is 0.253. The van der Waals surface area contributed by atoms with Crippen LogP contribution in [0.2, 0.25) is 0 Å². The van der Waals surface area contributed by atoms with Gasteiger partial charge in [-0.1, -0.05) is 0 Å². The zero-order valence-corrected chi connectivity index (χ0v) is 15.2. The summed E-state index contributed by atoms with van der Waals surface area (Å²) in [6, 6.07) is 12.3. The van der Waals surface area contributed by atoms with Gasteiger partial charge in [-0.2, -0.15) is 5.26 Å². The van der Waals surface area contributed by atoms with E-state index < -0.39 is 6.10 Å². The summed E-state index contributed by atoms with van der Waals surface area (Å²) in [4.78, 5) is 16.6. The van der Waals surface area contributed by atoms with Crippen LogP contribution in [0.4, 0.5) is 0 Å². The SMILES string of the molecule is Cc1nc(-c2ccc(CNC(=O)[C@@H](C)Oc3ccc(C#N)cc3)o2)cs1. The summed E-state index contributed by atoms with van der Waals surface area (Å²) in [5.74, 6) is 1.60. The smallest absolute Gasteiger partial charge is 0.261 e. The number of nitrogens with one attached hydrogen (secondary N) is 1. The van der Waals surface area contributed by atoms with Crippen molar-refractivity contribution in [2.45, 2.75) is 26.5 Å². The van der Waals surface area contributed by atoms with E-state index >= 15 is 0 Å². The molecule has 1 amide bonds. The van der Waals surface area contributed by atoms with Gasteiger partial charge in [-0.25, -0.2) is 4.98 Å². The third kappa shape index (κ3) is 4.29. The first-order chi connectivity index (χ1) is 12.5. The van der Waals surface area contributed by atoms with Crippen molar-refractivity contribution in [2.24, 2.45) is 0 Å². The van der Waals surface area contributed by atoms with Gasteiger partial charge in [0, 0.05) is 5.38 Å². The van der Waals surface area contributed by atoms with Gasteiger partial charge in [0.05, 0.1) is 23.2 Å². The Labute approximate surface area is 155 Å². The van der Waals surface area contributed by atoms with Gasteiger partial charge in [-0.15, -0.1) is 11.3 Å². The Balaban J connectivity index is 1.53. The molecule has 6 nitrogen and oxygen atoms in total. The number of aryl methyl sites for hydroxylation is 1. The van der Waals surface area contributed by atoms with E-state index in [2.05, 4.69) is 10.3 Å². The second-order valence-corrected chi connectivity index (χ2v) is 6.69. The zero-order chi connectivity index (χ0) is 18.5. The lowest BCUT2D eigenvalue weighted by atomic mass is 10.2. The van der Waals surface area contributed by atoms with Crippen LogP contribution < -0.4 is 10.1 Å². The molecule has 0 fully saturated rings. The molecule has 7 heteroatoms. The standard InChI is InChI=1S/C19H17N3O3S/c1-12(24-15-5-3-14(9-20)4-6-15)19(23)21-10-16-7-8-18(25-16)17-11-26-13(2)22-17/h3-8,11-12H,10H2,1-2H3,(H,21,23)/t12-/m1/s1. The molecule has 0 aliphatic carbocycles. The molecule has 0 aliphatic heterocycles. The van der Waals surface area contributed by atoms with Crippen molar-refractivity contribution in [3.05, 3.63) is 58.1 Å². The van der Waals surface area contributed by atoms with Crippen LogP contribution in [-0.4, -0.2) is 17.0 Å². The molecule has 1 aromatic carbocycles. The highest BCUT2D eigenvalue weighted by Crippen LogP contribution is 2.23. The lowest BCUT2D eigenvalue weighted by Crippen LogP contribution is -2.35. The highest BCUT2D eigenvalue weighted by atomic mass is 32.1. The summed E-state index contributed by atoms with van der Waals surface area (Å²) in [5, 5.41) is 14.5. The Morgan fingerprint density at radius 3 is 2.77 bits per heavy atom. The Morgan fingerprint density at radius 2 is 2.12 bits per heavy atom. The van der Waals surface area contributed by atoms with Crippen molar-refractivity contribution in [1.82, 2.24) is 10.3 Å².